The first kappa shape index (κ1) is 13.4. The lowest BCUT2D eigenvalue weighted by molar-refractivity contribution is 0.0456. The zero-order valence-corrected chi connectivity index (χ0v) is 12.6. The number of aromatic nitrogens is 3. The van der Waals surface area contributed by atoms with E-state index in [9.17, 15) is 4.79 Å². The van der Waals surface area contributed by atoms with Crippen LogP contribution in [0.3, 0.4) is 0 Å². The summed E-state index contributed by atoms with van der Waals surface area (Å²) in [6, 6.07) is 9.83. The molecule has 0 unspecified atom stereocenters. The van der Waals surface area contributed by atoms with Gasteiger partial charge in [0.1, 0.15) is 5.69 Å². The molecule has 1 fully saturated rings. The van der Waals surface area contributed by atoms with Crippen LogP contribution in [-0.4, -0.2) is 38.7 Å². The maximum Gasteiger partial charge on any atom is 0.270 e. The second kappa shape index (κ2) is 5.18. The van der Waals surface area contributed by atoms with Gasteiger partial charge in [-0.3, -0.25) is 9.48 Å². The highest BCUT2D eigenvalue weighted by Gasteiger charge is 2.32. The maximum absolute atomic E-state index is 12.4. The minimum Gasteiger partial charge on any atom is -0.351 e. The third-order valence-corrected chi connectivity index (χ3v) is 4.25. The van der Waals surface area contributed by atoms with Gasteiger partial charge in [-0.05, 0) is 12.1 Å². The average molecular weight is 315 g/mol. The fourth-order valence-corrected chi connectivity index (χ4v) is 3.07. The van der Waals surface area contributed by atoms with Gasteiger partial charge in [-0.15, -0.1) is 0 Å². The summed E-state index contributed by atoms with van der Waals surface area (Å²) in [7, 11) is 0. The monoisotopic (exact) mass is 314 g/mol. The van der Waals surface area contributed by atoms with Gasteiger partial charge in [0.25, 0.3) is 5.91 Å². The molecule has 4 rings (SSSR count). The number of carbonyl (C=O) groups is 1. The molecule has 22 heavy (non-hydrogen) atoms. The molecule has 3 heterocycles. The van der Waals surface area contributed by atoms with Crippen molar-refractivity contribution in [2.75, 3.05) is 13.1 Å². The lowest BCUT2D eigenvalue weighted by atomic mass is 10.00. The zero-order chi connectivity index (χ0) is 15.1. The molecule has 0 bridgehead atoms. The maximum atomic E-state index is 12.4. The number of likely N-dealkylation sites (tertiary alicyclic amines) is 1. The number of rotatable bonds is 3. The molecule has 0 atom stereocenters. The van der Waals surface area contributed by atoms with E-state index in [1.165, 1.54) is 0 Å². The molecule has 3 aromatic rings. The predicted octanol–water partition coefficient (Wildman–Crippen LogP) is 2.79. The summed E-state index contributed by atoms with van der Waals surface area (Å²) in [6.45, 7) is 2.31. The van der Waals surface area contributed by atoms with Crippen molar-refractivity contribution in [2.45, 2.75) is 6.54 Å². The molecule has 5 nitrogen and oxygen atoms in total. The summed E-state index contributed by atoms with van der Waals surface area (Å²) in [5, 5.41) is 5.88. The van der Waals surface area contributed by atoms with Crippen LogP contribution in [0.4, 0.5) is 0 Å². The predicted molar refractivity (Wildman–Crippen MR) is 84.9 cm³/mol. The summed E-state index contributed by atoms with van der Waals surface area (Å²) < 4.78 is 1.83. The standard InChI is InChI=1S/C16H15ClN4O/c17-13-6-18-21(10-13)9-11-7-20(8-11)16(22)15-5-12-3-1-2-4-14(12)19-15/h1-6,10-11,19H,7-9H2. The Hall–Kier alpha value is -2.27. The normalized spacial score (nSPS) is 15.2. The van der Waals surface area contributed by atoms with Crippen LogP contribution in [0.1, 0.15) is 10.5 Å². The molecule has 0 saturated carbocycles. The number of hydrogen-bond acceptors (Lipinski definition) is 2. The highest BCUT2D eigenvalue weighted by atomic mass is 35.5. The Morgan fingerprint density at radius 3 is 2.91 bits per heavy atom. The summed E-state index contributed by atoms with van der Waals surface area (Å²) >= 11 is 5.85. The largest absolute Gasteiger partial charge is 0.351 e. The van der Waals surface area contributed by atoms with Gasteiger partial charge < -0.3 is 9.88 Å². The molecular formula is C16H15ClN4O. The second-order valence-electron chi connectivity index (χ2n) is 5.73. The topological polar surface area (TPSA) is 53.9 Å². The molecule has 2 aromatic heterocycles. The van der Waals surface area contributed by atoms with E-state index in [0.29, 0.717) is 16.6 Å². The van der Waals surface area contributed by atoms with E-state index in [4.69, 9.17) is 11.6 Å². The Kier molecular flexibility index (Phi) is 3.15. The van der Waals surface area contributed by atoms with Crippen LogP contribution in [0.15, 0.2) is 42.7 Å². The molecular weight excluding hydrogens is 300 g/mol. The van der Waals surface area contributed by atoms with Crippen LogP contribution in [-0.2, 0) is 6.54 Å². The van der Waals surface area contributed by atoms with Gasteiger partial charge in [-0.2, -0.15) is 5.10 Å². The van der Waals surface area contributed by atoms with Gasteiger partial charge in [-0.1, -0.05) is 29.8 Å². The number of aromatic amines is 1. The Morgan fingerprint density at radius 2 is 2.18 bits per heavy atom. The average Bonchev–Trinajstić information content (AvgIpc) is 3.07. The van der Waals surface area contributed by atoms with Crippen LogP contribution >= 0.6 is 11.6 Å². The number of halogens is 1. The third-order valence-electron chi connectivity index (χ3n) is 4.05. The van der Waals surface area contributed by atoms with Gasteiger partial charge in [0.05, 0.1) is 11.2 Å². The van der Waals surface area contributed by atoms with Crippen LogP contribution in [0.25, 0.3) is 10.9 Å². The van der Waals surface area contributed by atoms with Crippen molar-refractivity contribution in [2.24, 2.45) is 5.92 Å². The van der Waals surface area contributed by atoms with E-state index in [1.54, 1.807) is 6.20 Å². The van der Waals surface area contributed by atoms with Crippen LogP contribution in [0.5, 0.6) is 0 Å². The number of nitrogens with zero attached hydrogens (tertiary/aromatic N) is 3. The number of amides is 1. The van der Waals surface area contributed by atoms with E-state index >= 15 is 0 Å². The van der Waals surface area contributed by atoms with Crippen molar-refractivity contribution in [3.8, 4) is 0 Å². The van der Waals surface area contributed by atoms with Crippen molar-refractivity contribution in [1.29, 1.82) is 0 Å². The smallest absolute Gasteiger partial charge is 0.270 e. The van der Waals surface area contributed by atoms with E-state index < -0.39 is 0 Å². The van der Waals surface area contributed by atoms with Gasteiger partial charge in [0.15, 0.2) is 0 Å². The fraction of sp³-hybridized carbons (Fsp3) is 0.250. The lowest BCUT2D eigenvalue weighted by Crippen LogP contribution is -2.51. The SMILES string of the molecule is O=C(c1cc2ccccc2[nH]1)N1CC(Cn2cc(Cl)cn2)C1. The molecule has 0 aliphatic carbocycles. The highest BCUT2D eigenvalue weighted by Crippen LogP contribution is 2.22. The zero-order valence-electron chi connectivity index (χ0n) is 11.9. The van der Waals surface area contributed by atoms with Gasteiger partial charge >= 0.3 is 0 Å². The number of fused-ring (bicyclic) bond motifs is 1. The number of benzene rings is 1. The Bertz CT molecular complexity index is 798. The van der Waals surface area contributed by atoms with Crippen LogP contribution in [0, 0.1) is 5.92 Å². The van der Waals surface area contributed by atoms with Crippen molar-refractivity contribution in [3.05, 3.63) is 53.4 Å². The van der Waals surface area contributed by atoms with Gasteiger partial charge in [0, 0.05) is 42.7 Å². The second-order valence-corrected chi connectivity index (χ2v) is 6.16. The third kappa shape index (κ3) is 2.37. The molecule has 6 heteroatoms. The van der Waals surface area contributed by atoms with Crippen molar-refractivity contribution >= 4 is 28.4 Å². The Morgan fingerprint density at radius 1 is 1.36 bits per heavy atom. The summed E-state index contributed by atoms with van der Waals surface area (Å²) in [5.41, 5.74) is 1.65. The molecule has 112 valence electrons. The summed E-state index contributed by atoms with van der Waals surface area (Å²) in [4.78, 5) is 17.5. The van der Waals surface area contributed by atoms with E-state index in [2.05, 4.69) is 10.1 Å². The molecule has 1 amide bonds. The van der Waals surface area contributed by atoms with Gasteiger partial charge in [0.2, 0.25) is 0 Å². The van der Waals surface area contributed by atoms with Gasteiger partial charge in [-0.25, -0.2) is 0 Å². The number of hydrogen-bond donors (Lipinski definition) is 1. The van der Waals surface area contributed by atoms with Crippen LogP contribution < -0.4 is 0 Å². The Labute approximate surface area is 132 Å². The van der Waals surface area contributed by atoms with E-state index in [-0.39, 0.29) is 5.91 Å². The molecule has 0 spiro atoms. The molecule has 1 N–H and O–H groups in total. The quantitative estimate of drug-likeness (QED) is 0.808. The van der Waals surface area contributed by atoms with Crippen LogP contribution in [0.2, 0.25) is 5.02 Å². The molecule has 1 aliphatic heterocycles. The molecule has 1 aliphatic rings. The van der Waals surface area contributed by atoms with Crippen molar-refractivity contribution < 1.29 is 4.79 Å². The molecule has 1 saturated heterocycles. The minimum absolute atomic E-state index is 0.0611. The molecule has 0 radical (unpaired) electrons. The van der Waals surface area contributed by atoms with Crippen molar-refractivity contribution in [3.63, 3.8) is 0 Å². The number of para-hydroxylation sites is 1. The van der Waals surface area contributed by atoms with E-state index in [0.717, 1.165) is 30.5 Å². The first-order chi connectivity index (χ1) is 10.7. The minimum atomic E-state index is 0.0611. The summed E-state index contributed by atoms with van der Waals surface area (Å²) in [5.74, 6) is 0.496. The first-order valence-corrected chi connectivity index (χ1v) is 7.62. The number of carbonyl (C=O) groups excluding carboxylic acids is 1. The Balaban J connectivity index is 1.40. The first-order valence-electron chi connectivity index (χ1n) is 7.24. The van der Waals surface area contributed by atoms with E-state index in [1.807, 2.05) is 46.1 Å². The highest BCUT2D eigenvalue weighted by molar-refractivity contribution is 6.30. The fourth-order valence-electron chi connectivity index (χ4n) is 2.91. The molecule has 1 aromatic carbocycles. The number of nitrogens with one attached hydrogen (secondary N) is 1. The summed E-state index contributed by atoms with van der Waals surface area (Å²) in [6.07, 6.45) is 3.44. The lowest BCUT2D eigenvalue weighted by Gasteiger charge is -2.38. The number of H-pyrrole nitrogens is 1. The van der Waals surface area contributed by atoms with Crippen molar-refractivity contribution in [1.82, 2.24) is 19.7 Å².